The van der Waals surface area contributed by atoms with Gasteiger partial charge in [0.15, 0.2) is 0 Å². The van der Waals surface area contributed by atoms with Gasteiger partial charge in [0.1, 0.15) is 5.75 Å². The Labute approximate surface area is 199 Å². The maximum absolute atomic E-state index is 13.1. The first-order valence-electron chi connectivity index (χ1n) is 10.2. The largest absolute Gasteiger partial charge is 0.495 e. The molecule has 1 saturated heterocycles. The molecule has 180 valence electrons. The lowest BCUT2D eigenvalue weighted by Gasteiger charge is -2.31. The number of halogens is 1. The number of carbonyl (C=O) groups is 1. The summed E-state index contributed by atoms with van der Waals surface area (Å²) in [5, 5.41) is 2.94. The standard InChI is InChI=1S/C21H26ClN3O6S2/c1-14-6-7-16(32(27,28)23-2)12-19(14)24-21(26)15-5-4-10-25(13-15)33(29,30)17-8-9-20(31-3)18(22)11-17/h6-9,11-12,15,23H,4-5,10,13H2,1-3H3,(H,24,26)/t15-/m0/s1. The Bertz CT molecular complexity index is 1260. The smallest absolute Gasteiger partial charge is 0.243 e. The van der Waals surface area contributed by atoms with E-state index in [1.807, 2.05) is 0 Å². The van der Waals surface area contributed by atoms with Gasteiger partial charge in [0, 0.05) is 18.8 Å². The molecular formula is C21H26ClN3O6S2. The second-order valence-corrected chi connectivity index (χ2v) is 11.9. The summed E-state index contributed by atoms with van der Waals surface area (Å²) in [4.78, 5) is 13.0. The number of sulfonamides is 2. The molecule has 12 heteroatoms. The van der Waals surface area contributed by atoms with Gasteiger partial charge in [0.2, 0.25) is 26.0 Å². The zero-order valence-corrected chi connectivity index (χ0v) is 20.8. The SMILES string of the molecule is CNS(=O)(=O)c1ccc(C)c(NC(=O)[C@H]2CCCN(S(=O)(=O)c3ccc(OC)c(Cl)c3)C2)c1. The van der Waals surface area contributed by atoms with Crippen molar-refractivity contribution in [2.75, 3.05) is 32.6 Å². The number of carbonyl (C=O) groups excluding carboxylic acids is 1. The summed E-state index contributed by atoms with van der Waals surface area (Å²) in [7, 11) is -4.79. The van der Waals surface area contributed by atoms with Gasteiger partial charge in [0.05, 0.1) is 27.8 Å². The molecule has 0 aliphatic carbocycles. The van der Waals surface area contributed by atoms with Crippen molar-refractivity contribution >= 4 is 43.2 Å². The summed E-state index contributed by atoms with van der Waals surface area (Å²) < 4.78 is 59.0. The Hall–Kier alpha value is -2.18. The molecule has 33 heavy (non-hydrogen) atoms. The quantitative estimate of drug-likeness (QED) is 0.584. The maximum atomic E-state index is 13.1. The topological polar surface area (TPSA) is 122 Å². The van der Waals surface area contributed by atoms with Gasteiger partial charge in [-0.25, -0.2) is 21.6 Å². The number of anilines is 1. The van der Waals surface area contributed by atoms with Gasteiger partial charge in [-0.2, -0.15) is 4.31 Å². The normalized spacial score (nSPS) is 17.5. The van der Waals surface area contributed by atoms with Gasteiger partial charge in [0.25, 0.3) is 0 Å². The zero-order chi connectivity index (χ0) is 24.4. The number of ether oxygens (including phenoxy) is 1. The number of amides is 1. The first kappa shape index (κ1) is 25.4. The van der Waals surface area contributed by atoms with Crippen molar-refractivity contribution in [3.05, 3.63) is 47.0 Å². The van der Waals surface area contributed by atoms with Crippen molar-refractivity contribution in [2.45, 2.75) is 29.6 Å². The van der Waals surface area contributed by atoms with Crippen molar-refractivity contribution < 1.29 is 26.4 Å². The van der Waals surface area contributed by atoms with E-state index in [4.69, 9.17) is 16.3 Å². The van der Waals surface area contributed by atoms with Crippen LogP contribution in [-0.2, 0) is 24.8 Å². The molecule has 1 fully saturated rings. The molecule has 0 radical (unpaired) electrons. The van der Waals surface area contributed by atoms with Crippen LogP contribution in [0.15, 0.2) is 46.2 Å². The van der Waals surface area contributed by atoms with Gasteiger partial charge < -0.3 is 10.1 Å². The van der Waals surface area contributed by atoms with E-state index in [0.717, 1.165) is 0 Å². The third-order valence-corrected chi connectivity index (χ3v) is 9.13. The van der Waals surface area contributed by atoms with E-state index in [-0.39, 0.29) is 33.8 Å². The summed E-state index contributed by atoms with van der Waals surface area (Å²) in [6.07, 6.45) is 1.02. The third-order valence-electron chi connectivity index (χ3n) is 5.56. The molecule has 1 heterocycles. The first-order valence-corrected chi connectivity index (χ1v) is 13.5. The Kier molecular flexibility index (Phi) is 7.69. The average molecular weight is 516 g/mol. The fourth-order valence-electron chi connectivity index (χ4n) is 3.59. The highest BCUT2D eigenvalue weighted by molar-refractivity contribution is 7.89. The number of methoxy groups -OCH3 is 1. The van der Waals surface area contributed by atoms with Gasteiger partial charge in [-0.3, -0.25) is 4.79 Å². The van der Waals surface area contributed by atoms with Gasteiger partial charge in [-0.15, -0.1) is 0 Å². The van der Waals surface area contributed by atoms with Gasteiger partial charge >= 0.3 is 0 Å². The van der Waals surface area contributed by atoms with Crippen LogP contribution in [0.2, 0.25) is 5.02 Å². The Morgan fingerprint density at radius 3 is 2.45 bits per heavy atom. The number of nitrogens with zero attached hydrogens (tertiary/aromatic N) is 1. The summed E-state index contributed by atoms with van der Waals surface area (Å²) in [6.45, 7) is 2.03. The van der Waals surface area contributed by atoms with E-state index < -0.39 is 26.0 Å². The van der Waals surface area contributed by atoms with Crippen molar-refractivity contribution in [1.29, 1.82) is 0 Å². The minimum Gasteiger partial charge on any atom is -0.495 e. The minimum atomic E-state index is -3.86. The van der Waals surface area contributed by atoms with E-state index in [2.05, 4.69) is 10.0 Å². The second-order valence-electron chi connectivity index (χ2n) is 7.67. The van der Waals surface area contributed by atoms with Crippen molar-refractivity contribution in [1.82, 2.24) is 9.03 Å². The van der Waals surface area contributed by atoms with E-state index >= 15 is 0 Å². The summed E-state index contributed by atoms with van der Waals surface area (Å²) >= 11 is 6.09. The number of nitrogens with one attached hydrogen (secondary N) is 2. The number of benzene rings is 2. The lowest BCUT2D eigenvalue weighted by atomic mass is 9.98. The molecule has 0 aromatic heterocycles. The van der Waals surface area contributed by atoms with Crippen LogP contribution in [0.25, 0.3) is 0 Å². The van der Waals surface area contributed by atoms with Gasteiger partial charge in [-0.05, 0) is 62.7 Å². The number of rotatable bonds is 7. The molecular weight excluding hydrogens is 490 g/mol. The highest BCUT2D eigenvalue weighted by atomic mass is 35.5. The monoisotopic (exact) mass is 515 g/mol. The first-order chi connectivity index (χ1) is 15.5. The van der Waals surface area contributed by atoms with E-state index in [1.54, 1.807) is 13.0 Å². The number of hydrogen-bond acceptors (Lipinski definition) is 6. The molecule has 0 bridgehead atoms. The molecule has 0 saturated carbocycles. The zero-order valence-electron chi connectivity index (χ0n) is 18.5. The van der Waals surface area contributed by atoms with Crippen LogP contribution in [0.1, 0.15) is 18.4 Å². The average Bonchev–Trinajstić information content (AvgIpc) is 2.80. The van der Waals surface area contributed by atoms with E-state index in [1.165, 1.54) is 48.8 Å². The molecule has 9 nitrogen and oxygen atoms in total. The predicted octanol–water partition coefficient (Wildman–Crippen LogP) is 2.60. The van der Waals surface area contributed by atoms with Crippen LogP contribution in [0, 0.1) is 12.8 Å². The fourth-order valence-corrected chi connectivity index (χ4v) is 6.22. The lowest BCUT2D eigenvalue weighted by molar-refractivity contribution is -0.120. The molecule has 2 aromatic rings. The molecule has 1 atom stereocenters. The lowest BCUT2D eigenvalue weighted by Crippen LogP contribution is -2.43. The Balaban J connectivity index is 1.79. The summed E-state index contributed by atoms with van der Waals surface area (Å²) in [6, 6.07) is 8.67. The highest BCUT2D eigenvalue weighted by Crippen LogP contribution is 2.31. The van der Waals surface area contributed by atoms with Crippen LogP contribution in [0.3, 0.4) is 0 Å². The minimum absolute atomic E-state index is 0.00532. The maximum Gasteiger partial charge on any atom is 0.243 e. The highest BCUT2D eigenvalue weighted by Gasteiger charge is 2.34. The number of hydrogen-bond donors (Lipinski definition) is 2. The molecule has 0 unspecified atom stereocenters. The molecule has 3 rings (SSSR count). The van der Waals surface area contributed by atoms with Crippen LogP contribution < -0.4 is 14.8 Å². The Morgan fingerprint density at radius 2 is 1.82 bits per heavy atom. The van der Waals surface area contributed by atoms with Crippen molar-refractivity contribution in [3.8, 4) is 5.75 Å². The van der Waals surface area contributed by atoms with Crippen LogP contribution in [-0.4, -0.2) is 54.3 Å². The van der Waals surface area contributed by atoms with Crippen LogP contribution >= 0.6 is 11.6 Å². The molecule has 2 N–H and O–H groups in total. The van der Waals surface area contributed by atoms with E-state index in [9.17, 15) is 21.6 Å². The molecule has 1 amide bonds. The third kappa shape index (κ3) is 5.49. The fraction of sp³-hybridized carbons (Fsp3) is 0.381. The number of piperidine rings is 1. The van der Waals surface area contributed by atoms with Crippen molar-refractivity contribution in [2.24, 2.45) is 5.92 Å². The second kappa shape index (κ2) is 9.98. The van der Waals surface area contributed by atoms with Gasteiger partial charge in [-0.1, -0.05) is 17.7 Å². The van der Waals surface area contributed by atoms with E-state index in [0.29, 0.717) is 29.8 Å². The molecule has 0 spiro atoms. The molecule has 2 aromatic carbocycles. The summed E-state index contributed by atoms with van der Waals surface area (Å²) in [5.41, 5.74) is 1.05. The number of aryl methyl sites for hydroxylation is 1. The molecule has 1 aliphatic heterocycles. The predicted molar refractivity (Wildman–Crippen MR) is 126 cm³/mol. The van der Waals surface area contributed by atoms with Crippen LogP contribution in [0.5, 0.6) is 5.75 Å². The Morgan fingerprint density at radius 1 is 1.12 bits per heavy atom. The van der Waals surface area contributed by atoms with Crippen molar-refractivity contribution in [3.63, 3.8) is 0 Å². The summed E-state index contributed by atoms with van der Waals surface area (Å²) in [5.74, 6) is -0.597. The molecule has 1 aliphatic rings. The van der Waals surface area contributed by atoms with Crippen LogP contribution in [0.4, 0.5) is 5.69 Å².